The van der Waals surface area contributed by atoms with Crippen LogP contribution in [0.2, 0.25) is 0 Å². The SMILES string of the molecule is Cc1ccccc1NC(=O)NCCN1C(=O)N([C@@H](CC(C)C)C(=O)N[C@H](C)CC(=O)O)C(=O)C1(C)C. The molecule has 4 N–H and O–H groups in total. The van der Waals surface area contributed by atoms with E-state index in [2.05, 4.69) is 16.0 Å². The quantitative estimate of drug-likeness (QED) is 0.341. The van der Waals surface area contributed by atoms with Crippen molar-refractivity contribution in [2.45, 2.75) is 72.0 Å². The average molecular weight is 504 g/mol. The molecule has 1 heterocycles. The maximum Gasteiger partial charge on any atom is 0.328 e. The summed E-state index contributed by atoms with van der Waals surface area (Å²) in [6, 6.07) is 4.49. The molecule has 0 aliphatic carbocycles. The molecule has 11 nitrogen and oxygen atoms in total. The topological polar surface area (TPSA) is 148 Å². The van der Waals surface area contributed by atoms with E-state index < -0.39 is 47.5 Å². The molecule has 2 atom stereocenters. The maximum absolute atomic E-state index is 13.4. The highest BCUT2D eigenvalue weighted by molar-refractivity contribution is 6.09. The molecule has 11 heteroatoms. The summed E-state index contributed by atoms with van der Waals surface area (Å²) in [7, 11) is 0. The molecule has 1 saturated heterocycles. The molecular weight excluding hydrogens is 466 g/mol. The van der Waals surface area contributed by atoms with Crippen LogP contribution in [-0.4, -0.2) is 75.5 Å². The molecule has 2 rings (SSSR count). The highest BCUT2D eigenvalue weighted by Gasteiger charge is 2.54. The van der Waals surface area contributed by atoms with Crippen molar-refractivity contribution in [3.8, 4) is 0 Å². The largest absolute Gasteiger partial charge is 0.481 e. The van der Waals surface area contributed by atoms with E-state index in [-0.39, 0.29) is 31.8 Å². The van der Waals surface area contributed by atoms with Crippen LogP contribution >= 0.6 is 0 Å². The van der Waals surface area contributed by atoms with E-state index in [0.717, 1.165) is 10.5 Å². The fourth-order valence-electron chi connectivity index (χ4n) is 4.11. The van der Waals surface area contributed by atoms with Crippen molar-refractivity contribution in [3.05, 3.63) is 29.8 Å². The third-order valence-corrected chi connectivity index (χ3v) is 6.05. The Morgan fingerprint density at radius 3 is 2.31 bits per heavy atom. The van der Waals surface area contributed by atoms with Crippen molar-refractivity contribution in [1.82, 2.24) is 20.4 Å². The lowest BCUT2D eigenvalue weighted by Crippen LogP contribution is -2.53. The second-order valence-corrected chi connectivity index (χ2v) is 10.0. The number of rotatable bonds is 11. The number of aryl methyl sites for hydroxylation is 1. The fourth-order valence-corrected chi connectivity index (χ4v) is 4.11. The van der Waals surface area contributed by atoms with Gasteiger partial charge in [-0.05, 0) is 51.7 Å². The van der Waals surface area contributed by atoms with Crippen LogP contribution in [0.4, 0.5) is 15.3 Å². The number of benzene rings is 1. The Hall–Kier alpha value is -3.63. The standard InChI is InChI=1S/C25H37N5O6/c1-15(2)13-19(21(33)27-17(4)14-20(31)32)30-22(34)25(5,6)29(24(30)36)12-11-26-23(35)28-18-10-8-7-9-16(18)3/h7-10,15,17,19H,11-14H2,1-6H3,(H,27,33)(H,31,32)(H2,26,28,35)/t17-,19+/m1/s1. The zero-order chi connectivity index (χ0) is 27.2. The molecule has 198 valence electrons. The summed E-state index contributed by atoms with van der Waals surface area (Å²) in [4.78, 5) is 65.3. The molecule has 0 saturated carbocycles. The molecule has 0 unspecified atom stereocenters. The minimum absolute atomic E-state index is 0.0138. The number of carboxylic acid groups (broad SMARTS) is 1. The van der Waals surface area contributed by atoms with Crippen LogP contribution in [0.5, 0.6) is 0 Å². The Kier molecular flexibility index (Phi) is 9.43. The second-order valence-electron chi connectivity index (χ2n) is 10.0. The molecule has 1 fully saturated rings. The molecule has 1 aromatic rings. The number of carboxylic acids is 1. The van der Waals surface area contributed by atoms with Crippen LogP contribution in [0.1, 0.15) is 53.0 Å². The van der Waals surface area contributed by atoms with Crippen LogP contribution in [0.3, 0.4) is 0 Å². The third-order valence-electron chi connectivity index (χ3n) is 6.05. The van der Waals surface area contributed by atoms with Crippen LogP contribution in [0.25, 0.3) is 0 Å². The molecule has 1 aromatic carbocycles. The smallest absolute Gasteiger partial charge is 0.328 e. The van der Waals surface area contributed by atoms with Crippen LogP contribution in [0, 0.1) is 12.8 Å². The van der Waals surface area contributed by atoms with Gasteiger partial charge in [0, 0.05) is 24.8 Å². The van der Waals surface area contributed by atoms with E-state index in [4.69, 9.17) is 5.11 Å². The van der Waals surface area contributed by atoms with Crippen molar-refractivity contribution in [2.24, 2.45) is 5.92 Å². The van der Waals surface area contributed by atoms with E-state index in [1.54, 1.807) is 32.9 Å². The summed E-state index contributed by atoms with van der Waals surface area (Å²) in [5.74, 6) is -2.18. The number of anilines is 1. The normalized spacial score (nSPS) is 16.6. The van der Waals surface area contributed by atoms with Crippen molar-refractivity contribution in [2.75, 3.05) is 18.4 Å². The molecule has 0 spiro atoms. The first-order valence-electron chi connectivity index (χ1n) is 12.0. The van der Waals surface area contributed by atoms with E-state index in [1.165, 1.54) is 4.90 Å². The minimum Gasteiger partial charge on any atom is -0.481 e. The van der Waals surface area contributed by atoms with E-state index in [1.807, 2.05) is 32.9 Å². The average Bonchev–Trinajstić information content (AvgIpc) is 2.92. The van der Waals surface area contributed by atoms with Crippen molar-refractivity contribution >= 4 is 35.5 Å². The fraction of sp³-hybridized carbons (Fsp3) is 0.560. The first kappa shape index (κ1) is 28.6. The number of nitrogens with zero attached hydrogens (tertiary/aromatic N) is 2. The van der Waals surface area contributed by atoms with Crippen LogP contribution in [-0.2, 0) is 14.4 Å². The molecule has 0 aromatic heterocycles. The molecule has 6 amide bonds. The number of hydrogen-bond acceptors (Lipinski definition) is 5. The highest BCUT2D eigenvalue weighted by Crippen LogP contribution is 2.30. The van der Waals surface area contributed by atoms with Crippen LogP contribution in [0.15, 0.2) is 24.3 Å². The van der Waals surface area contributed by atoms with Crippen molar-refractivity contribution in [3.63, 3.8) is 0 Å². The lowest BCUT2D eigenvalue weighted by molar-refractivity contribution is -0.140. The summed E-state index contributed by atoms with van der Waals surface area (Å²) < 4.78 is 0. The number of nitrogens with one attached hydrogen (secondary N) is 3. The predicted octanol–water partition coefficient (Wildman–Crippen LogP) is 2.55. The Bertz CT molecular complexity index is 1010. The summed E-state index contributed by atoms with van der Waals surface area (Å²) >= 11 is 0. The molecule has 36 heavy (non-hydrogen) atoms. The summed E-state index contributed by atoms with van der Waals surface area (Å²) in [5, 5.41) is 17.0. The van der Waals surface area contributed by atoms with Gasteiger partial charge in [0.25, 0.3) is 5.91 Å². The van der Waals surface area contributed by atoms with Gasteiger partial charge in [0.1, 0.15) is 11.6 Å². The van der Waals surface area contributed by atoms with Crippen molar-refractivity contribution in [1.29, 1.82) is 0 Å². The van der Waals surface area contributed by atoms with E-state index in [0.29, 0.717) is 5.69 Å². The van der Waals surface area contributed by atoms with E-state index >= 15 is 0 Å². The van der Waals surface area contributed by atoms with Gasteiger partial charge in [0.15, 0.2) is 0 Å². The first-order valence-corrected chi connectivity index (χ1v) is 12.0. The van der Waals surface area contributed by atoms with Gasteiger partial charge in [-0.15, -0.1) is 0 Å². The van der Waals surface area contributed by atoms with Gasteiger partial charge in [-0.3, -0.25) is 14.4 Å². The van der Waals surface area contributed by atoms with Gasteiger partial charge in [-0.2, -0.15) is 0 Å². The number of para-hydroxylation sites is 1. The number of carbonyl (C=O) groups is 5. The zero-order valence-corrected chi connectivity index (χ0v) is 21.8. The molecule has 1 aliphatic rings. The second kappa shape index (κ2) is 11.9. The number of hydrogen-bond donors (Lipinski definition) is 4. The Morgan fingerprint density at radius 2 is 1.72 bits per heavy atom. The third kappa shape index (κ3) is 6.96. The monoisotopic (exact) mass is 503 g/mol. The molecule has 0 radical (unpaired) electrons. The molecule has 1 aliphatic heterocycles. The van der Waals surface area contributed by atoms with Crippen molar-refractivity contribution < 1.29 is 29.1 Å². The van der Waals surface area contributed by atoms with E-state index in [9.17, 15) is 24.0 Å². The van der Waals surface area contributed by atoms with Gasteiger partial charge in [0.05, 0.1) is 6.42 Å². The Labute approximate surface area is 211 Å². The lowest BCUT2D eigenvalue weighted by atomic mass is 9.99. The number of imide groups is 1. The van der Waals surface area contributed by atoms with Gasteiger partial charge in [0.2, 0.25) is 5.91 Å². The number of amides is 6. The summed E-state index contributed by atoms with van der Waals surface area (Å²) in [6.07, 6.45) is -0.0556. The summed E-state index contributed by atoms with van der Waals surface area (Å²) in [5.41, 5.74) is 0.332. The Balaban J connectivity index is 2.11. The predicted molar refractivity (Wildman–Crippen MR) is 134 cm³/mol. The highest BCUT2D eigenvalue weighted by atomic mass is 16.4. The Morgan fingerprint density at radius 1 is 1.08 bits per heavy atom. The first-order chi connectivity index (χ1) is 16.7. The van der Waals surface area contributed by atoms with Gasteiger partial charge < -0.3 is 26.0 Å². The summed E-state index contributed by atoms with van der Waals surface area (Å²) in [6.45, 7) is 10.5. The van der Waals surface area contributed by atoms with Gasteiger partial charge in [-0.25, -0.2) is 14.5 Å². The lowest BCUT2D eigenvalue weighted by Gasteiger charge is -2.28. The molecular formula is C25H37N5O6. The number of urea groups is 2. The number of aliphatic carboxylic acids is 1. The van der Waals surface area contributed by atoms with Crippen LogP contribution < -0.4 is 16.0 Å². The van der Waals surface area contributed by atoms with Gasteiger partial charge >= 0.3 is 18.0 Å². The number of carbonyl (C=O) groups excluding carboxylic acids is 4. The maximum atomic E-state index is 13.4. The zero-order valence-electron chi connectivity index (χ0n) is 21.8. The molecule has 0 bridgehead atoms. The van der Waals surface area contributed by atoms with Gasteiger partial charge in [-0.1, -0.05) is 32.0 Å². The minimum atomic E-state index is -1.23.